The molecule has 1 heterocycles. The summed E-state index contributed by atoms with van der Waals surface area (Å²) in [4.78, 5) is 0. The lowest BCUT2D eigenvalue weighted by Crippen LogP contribution is -2.24. The van der Waals surface area contributed by atoms with Gasteiger partial charge in [-0.05, 0) is 48.1 Å². The van der Waals surface area contributed by atoms with Crippen LogP contribution >= 0.6 is 0 Å². The highest BCUT2D eigenvalue weighted by Crippen LogP contribution is 2.41. The van der Waals surface area contributed by atoms with Gasteiger partial charge in [0.25, 0.3) is 0 Å². The van der Waals surface area contributed by atoms with Crippen molar-refractivity contribution in [1.82, 2.24) is 15.4 Å². The Morgan fingerprint density at radius 3 is 2.23 bits per heavy atom. The molecule has 0 saturated heterocycles. The van der Waals surface area contributed by atoms with Crippen molar-refractivity contribution in [3.63, 3.8) is 0 Å². The summed E-state index contributed by atoms with van der Waals surface area (Å²) >= 11 is 0. The van der Waals surface area contributed by atoms with Crippen LogP contribution in [0.3, 0.4) is 0 Å². The summed E-state index contributed by atoms with van der Waals surface area (Å²) < 4.78 is 0. The lowest BCUT2D eigenvalue weighted by molar-refractivity contribution is 0.333. The van der Waals surface area contributed by atoms with Crippen LogP contribution in [-0.2, 0) is 5.41 Å². The third-order valence-electron chi connectivity index (χ3n) is 6.06. The molecule has 2 N–H and O–H groups in total. The predicted octanol–water partition coefficient (Wildman–Crippen LogP) is 6.61. The lowest BCUT2D eigenvalue weighted by Gasteiger charge is -2.33. The van der Waals surface area contributed by atoms with Crippen LogP contribution < -0.4 is 5.32 Å². The first-order valence-corrected chi connectivity index (χ1v) is 11.3. The van der Waals surface area contributed by atoms with Gasteiger partial charge in [-0.15, -0.1) is 10.2 Å². The fourth-order valence-electron chi connectivity index (χ4n) is 4.06. The van der Waals surface area contributed by atoms with Gasteiger partial charge < -0.3 is 10.4 Å². The van der Waals surface area contributed by atoms with Crippen molar-refractivity contribution in [2.45, 2.75) is 64.7 Å². The summed E-state index contributed by atoms with van der Waals surface area (Å²) in [6, 6.07) is 17.6. The van der Waals surface area contributed by atoms with E-state index in [2.05, 4.69) is 47.6 Å². The van der Waals surface area contributed by atoms with Crippen LogP contribution in [0.2, 0.25) is 0 Å². The normalized spacial score (nSPS) is 10.8. The summed E-state index contributed by atoms with van der Waals surface area (Å²) in [5.74, 6) is 0.465. The predicted molar refractivity (Wildman–Crippen MR) is 129 cm³/mol. The van der Waals surface area contributed by atoms with Gasteiger partial charge in [-0.2, -0.15) is 0 Å². The summed E-state index contributed by atoms with van der Waals surface area (Å²) in [5, 5.41) is 24.4. The van der Waals surface area contributed by atoms with E-state index in [1.54, 1.807) is 6.20 Å². The third-order valence-corrected chi connectivity index (χ3v) is 6.06. The first-order chi connectivity index (χ1) is 15.1. The van der Waals surface area contributed by atoms with Crippen molar-refractivity contribution in [2.24, 2.45) is 0 Å². The molecule has 1 aromatic heterocycles. The van der Waals surface area contributed by atoms with Crippen molar-refractivity contribution < 1.29 is 5.11 Å². The van der Waals surface area contributed by atoms with Gasteiger partial charge in [-0.1, -0.05) is 76.4 Å². The van der Waals surface area contributed by atoms with Gasteiger partial charge in [0.15, 0.2) is 0 Å². The molecule has 0 atom stereocenters. The molecule has 0 spiro atoms. The zero-order valence-corrected chi connectivity index (χ0v) is 19.3. The number of hydrogen-bond donors (Lipinski definition) is 2. The number of phenolic OH excluding ortho intramolecular Hbond substituents is 1. The number of nitrogens with one attached hydrogen (secondary N) is 1. The van der Waals surface area contributed by atoms with E-state index in [1.165, 1.54) is 25.7 Å². The molecule has 5 heteroatoms. The van der Waals surface area contributed by atoms with Crippen LogP contribution in [0.25, 0.3) is 11.3 Å². The molecule has 0 fully saturated rings. The second kappa shape index (κ2) is 12.7. The van der Waals surface area contributed by atoms with E-state index >= 15 is 0 Å². The summed E-state index contributed by atoms with van der Waals surface area (Å²) in [5.41, 5.74) is 4.20. The molecule has 0 unspecified atom stereocenters. The van der Waals surface area contributed by atoms with Gasteiger partial charge in [-0.25, -0.2) is 0 Å². The molecular formula is C26H36N4O. The minimum atomic E-state index is 0.167. The van der Waals surface area contributed by atoms with Crippen LogP contribution in [0, 0.1) is 0 Å². The van der Waals surface area contributed by atoms with Crippen LogP contribution in [0.5, 0.6) is 5.75 Å². The van der Waals surface area contributed by atoms with Gasteiger partial charge in [0.05, 0.1) is 11.9 Å². The molecule has 0 aliphatic carbocycles. The third kappa shape index (κ3) is 6.51. The maximum atomic E-state index is 10.1. The maximum absolute atomic E-state index is 10.1. The van der Waals surface area contributed by atoms with Crippen LogP contribution in [0.15, 0.2) is 60.8 Å². The highest BCUT2D eigenvalue weighted by molar-refractivity contribution is 5.74. The number of nitrogens with zero attached hydrogens (tertiary/aromatic N) is 3. The Balaban J connectivity index is 0.000000224. The smallest absolute Gasteiger partial charge is 0.119 e. The van der Waals surface area contributed by atoms with Crippen molar-refractivity contribution in [3.05, 3.63) is 66.4 Å². The fraction of sp³-hybridized carbons (Fsp3) is 0.423. The number of benzene rings is 2. The zero-order valence-electron chi connectivity index (χ0n) is 19.3. The highest BCUT2D eigenvalue weighted by Gasteiger charge is 2.29. The number of anilines is 1. The zero-order chi connectivity index (χ0) is 22.5. The molecule has 3 aromatic rings. The molecule has 0 saturated carbocycles. The molecule has 0 bridgehead atoms. The number of unbranched alkanes of at least 4 members (excludes halogenated alkanes) is 2. The first-order valence-electron chi connectivity index (χ1n) is 11.3. The summed E-state index contributed by atoms with van der Waals surface area (Å²) in [7, 11) is 1.88. The number of aromatic nitrogens is 3. The number of hydrogen-bond acceptors (Lipinski definition) is 5. The Bertz CT molecular complexity index is 895. The van der Waals surface area contributed by atoms with E-state index in [9.17, 15) is 5.11 Å². The van der Waals surface area contributed by atoms with E-state index in [-0.39, 0.29) is 5.41 Å². The van der Waals surface area contributed by atoms with Crippen molar-refractivity contribution >= 4 is 5.69 Å². The summed E-state index contributed by atoms with van der Waals surface area (Å²) in [6.45, 7) is 6.71. The second-order valence-electron chi connectivity index (χ2n) is 7.76. The maximum Gasteiger partial charge on any atom is 0.119 e. The lowest BCUT2D eigenvalue weighted by atomic mass is 9.72. The molecule has 31 heavy (non-hydrogen) atoms. The molecule has 0 radical (unpaired) electrons. The Labute approximate surface area is 187 Å². The average molecular weight is 421 g/mol. The molecule has 0 aliphatic heterocycles. The van der Waals surface area contributed by atoms with Gasteiger partial charge in [-0.3, -0.25) is 0 Å². The van der Waals surface area contributed by atoms with E-state index in [4.69, 9.17) is 0 Å². The largest absolute Gasteiger partial charge is 0.508 e. The van der Waals surface area contributed by atoms with Gasteiger partial charge in [0.1, 0.15) is 5.75 Å². The Hall–Kier alpha value is -2.95. The Morgan fingerprint density at radius 2 is 1.61 bits per heavy atom. The van der Waals surface area contributed by atoms with E-state index in [1.807, 2.05) is 55.6 Å². The molecular weight excluding hydrogens is 384 g/mol. The topological polar surface area (TPSA) is 70.9 Å². The van der Waals surface area contributed by atoms with Gasteiger partial charge >= 0.3 is 0 Å². The number of phenols is 1. The molecule has 0 aliphatic rings. The quantitative estimate of drug-likeness (QED) is 0.381. The number of aromatic hydroxyl groups is 1. The minimum Gasteiger partial charge on any atom is -0.508 e. The number of rotatable bonds is 9. The average Bonchev–Trinajstić information content (AvgIpc) is 2.84. The molecule has 166 valence electrons. The minimum absolute atomic E-state index is 0.167. The van der Waals surface area contributed by atoms with E-state index in [0.717, 1.165) is 35.3 Å². The Kier molecular flexibility index (Phi) is 9.95. The van der Waals surface area contributed by atoms with Crippen molar-refractivity contribution in [3.8, 4) is 17.0 Å². The second-order valence-corrected chi connectivity index (χ2v) is 7.76. The van der Waals surface area contributed by atoms with Crippen LogP contribution in [0.1, 0.15) is 64.9 Å². The van der Waals surface area contributed by atoms with E-state index in [0.29, 0.717) is 5.75 Å². The monoisotopic (exact) mass is 420 g/mol. The number of para-hydroxylation sites is 2. The van der Waals surface area contributed by atoms with Crippen molar-refractivity contribution in [1.29, 1.82) is 0 Å². The SMILES string of the molecule is CCCCCC(CC)(CC)c1ccccc1O.CNc1ccccc1-c1ccnnn1. The van der Waals surface area contributed by atoms with Crippen LogP contribution in [-0.4, -0.2) is 27.6 Å². The summed E-state index contributed by atoms with van der Waals surface area (Å²) in [6.07, 6.45) is 8.82. The first kappa shape index (κ1) is 24.3. The highest BCUT2D eigenvalue weighted by atomic mass is 16.3. The molecule has 5 nitrogen and oxygen atoms in total. The van der Waals surface area contributed by atoms with Crippen LogP contribution in [0.4, 0.5) is 5.69 Å². The van der Waals surface area contributed by atoms with E-state index < -0.39 is 0 Å². The fourth-order valence-corrected chi connectivity index (χ4v) is 4.06. The standard InChI is InChI=1S/C16H26O.C10H10N4/c1-4-7-10-13-16(5-2,6-3)14-11-8-9-12-15(14)17;1-11-9-5-3-2-4-8(9)10-6-7-12-14-13-10/h8-9,11-12,17H,4-7,10,13H2,1-3H3;2-7,11H,1H3. The molecule has 3 rings (SSSR count). The molecule has 0 amide bonds. The Morgan fingerprint density at radius 1 is 0.903 bits per heavy atom. The van der Waals surface area contributed by atoms with Gasteiger partial charge in [0, 0.05) is 23.9 Å². The van der Waals surface area contributed by atoms with Crippen molar-refractivity contribution in [2.75, 3.05) is 12.4 Å². The van der Waals surface area contributed by atoms with Gasteiger partial charge in [0.2, 0.25) is 0 Å². The molecule has 2 aromatic carbocycles.